The number of likely N-dealkylation sites (tertiary alicyclic amines) is 1. The van der Waals surface area contributed by atoms with E-state index in [1.165, 1.54) is 18.3 Å². The number of pyridine rings is 1. The Morgan fingerprint density at radius 3 is 2.80 bits per heavy atom. The molecule has 0 saturated carbocycles. The van der Waals surface area contributed by atoms with Gasteiger partial charge in [-0.05, 0) is 37.5 Å². The molecule has 0 aromatic carbocycles. The van der Waals surface area contributed by atoms with Crippen molar-refractivity contribution in [3.63, 3.8) is 0 Å². The number of anilines is 1. The number of rotatable bonds is 4. The van der Waals surface area contributed by atoms with E-state index in [2.05, 4.69) is 4.98 Å². The van der Waals surface area contributed by atoms with Gasteiger partial charge in [-0.15, -0.1) is 0 Å². The van der Waals surface area contributed by atoms with Gasteiger partial charge >= 0.3 is 0 Å². The molecular weight excluding hydrogens is 322 g/mol. The number of nitrogens with zero attached hydrogens (tertiary/aromatic N) is 3. The Balaban J connectivity index is 1.78. The second-order valence-electron chi connectivity index (χ2n) is 5.94. The van der Waals surface area contributed by atoms with E-state index in [9.17, 15) is 9.59 Å². The van der Waals surface area contributed by atoms with Crippen molar-refractivity contribution in [2.45, 2.75) is 25.3 Å². The van der Waals surface area contributed by atoms with Gasteiger partial charge in [-0.1, -0.05) is 0 Å². The lowest BCUT2D eigenvalue weighted by atomic mass is 10.0. The van der Waals surface area contributed by atoms with Crippen LogP contribution in [0, 0.1) is 0 Å². The standard InChI is InChI=1S/C18H21N3O4/c1-20(13-8-9-16(24-2)19-12-13)17(22)14-6-3-4-10-21(14)18(23)15-7-5-11-25-15/h5,7-9,11-12,14H,3-4,6,10H2,1-2H3. The van der Waals surface area contributed by atoms with Crippen LogP contribution in [-0.2, 0) is 4.79 Å². The first-order valence-corrected chi connectivity index (χ1v) is 8.24. The fourth-order valence-electron chi connectivity index (χ4n) is 3.02. The molecule has 1 aliphatic heterocycles. The van der Waals surface area contributed by atoms with Crippen LogP contribution < -0.4 is 9.64 Å². The molecule has 1 aliphatic rings. The van der Waals surface area contributed by atoms with Crippen LogP contribution in [0.4, 0.5) is 5.69 Å². The summed E-state index contributed by atoms with van der Waals surface area (Å²) in [7, 11) is 3.23. The maximum atomic E-state index is 13.0. The number of hydrogen-bond acceptors (Lipinski definition) is 5. The van der Waals surface area contributed by atoms with Crippen molar-refractivity contribution >= 4 is 17.5 Å². The molecule has 0 N–H and O–H groups in total. The smallest absolute Gasteiger partial charge is 0.290 e. The van der Waals surface area contributed by atoms with Crippen LogP contribution in [0.2, 0.25) is 0 Å². The maximum absolute atomic E-state index is 13.0. The van der Waals surface area contributed by atoms with E-state index in [1.54, 1.807) is 42.4 Å². The Hall–Kier alpha value is -2.83. The number of carbonyl (C=O) groups excluding carboxylic acids is 2. The number of furan rings is 1. The molecule has 132 valence electrons. The quantitative estimate of drug-likeness (QED) is 0.852. The fourth-order valence-corrected chi connectivity index (χ4v) is 3.02. The van der Waals surface area contributed by atoms with Crippen LogP contribution >= 0.6 is 0 Å². The molecule has 2 amide bonds. The van der Waals surface area contributed by atoms with Crippen LogP contribution in [0.25, 0.3) is 0 Å². The van der Waals surface area contributed by atoms with Crippen LogP contribution in [0.3, 0.4) is 0 Å². The predicted octanol–water partition coefficient (Wildman–Crippen LogP) is 2.34. The molecule has 0 radical (unpaired) electrons. The lowest BCUT2D eigenvalue weighted by molar-refractivity contribution is -0.123. The number of aromatic nitrogens is 1. The summed E-state index contributed by atoms with van der Waals surface area (Å²) in [5.41, 5.74) is 0.654. The zero-order valence-corrected chi connectivity index (χ0v) is 14.3. The van der Waals surface area contributed by atoms with Crippen molar-refractivity contribution in [3.05, 3.63) is 42.5 Å². The molecule has 25 heavy (non-hydrogen) atoms. The molecule has 1 fully saturated rings. The fraction of sp³-hybridized carbons (Fsp3) is 0.389. The van der Waals surface area contributed by atoms with Gasteiger partial charge in [0.1, 0.15) is 6.04 Å². The molecule has 1 saturated heterocycles. The van der Waals surface area contributed by atoms with Crippen LogP contribution in [-0.4, -0.2) is 48.4 Å². The Morgan fingerprint density at radius 2 is 2.16 bits per heavy atom. The molecule has 0 spiro atoms. The van der Waals surface area contributed by atoms with Gasteiger partial charge < -0.3 is 19.0 Å². The number of carbonyl (C=O) groups is 2. The van der Waals surface area contributed by atoms with E-state index in [-0.39, 0.29) is 17.6 Å². The van der Waals surface area contributed by atoms with Gasteiger partial charge in [0.15, 0.2) is 5.76 Å². The van der Waals surface area contributed by atoms with Crippen molar-refractivity contribution < 1.29 is 18.7 Å². The highest BCUT2D eigenvalue weighted by molar-refractivity contribution is 6.01. The summed E-state index contributed by atoms with van der Waals surface area (Å²) in [6, 6.07) is 6.26. The second kappa shape index (κ2) is 7.38. The number of hydrogen-bond donors (Lipinski definition) is 0. The van der Waals surface area contributed by atoms with E-state index >= 15 is 0 Å². The third kappa shape index (κ3) is 3.50. The maximum Gasteiger partial charge on any atom is 0.290 e. The summed E-state index contributed by atoms with van der Waals surface area (Å²) in [6.07, 6.45) is 5.47. The molecule has 2 aromatic rings. The average molecular weight is 343 g/mol. The van der Waals surface area contributed by atoms with Crippen LogP contribution in [0.1, 0.15) is 29.8 Å². The van der Waals surface area contributed by atoms with Crippen LogP contribution in [0.5, 0.6) is 5.88 Å². The molecule has 7 nitrogen and oxygen atoms in total. The van der Waals surface area contributed by atoms with E-state index in [4.69, 9.17) is 9.15 Å². The van der Waals surface area contributed by atoms with Crippen molar-refractivity contribution in [3.8, 4) is 5.88 Å². The number of ether oxygens (including phenoxy) is 1. The minimum absolute atomic E-state index is 0.133. The molecule has 1 unspecified atom stereocenters. The second-order valence-corrected chi connectivity index (χ2v) is 5.94. The van der Waals surface area contributed by atoms with Crippen molar-refractivity contribution in [1.82, 2.24) is 9.88 Å². The van der Waals surface area contributed by atoms with Gasteiger partial charge in [0.2, 0.25) is 11.8 Å². The van der Waals surface area contributed by atoms with Gasteiger partial charge in [-0.25, -0.2) is 4.98 Å². The lowest BCUT2D eigenvalue weighted by Crippen LogP contribution is -2.52. The topological polar surface area (TPSA) is 75.9 Å². The lowest BCUT2D eigenvalue weighted by Gasteiger charge is -2.36. The highest BCUT2D eigenvalue weighted by atomic mass is 16.5. The van der Waals surface area contributed by atoms with Gasteiger partial charge in [0.05, 0.1) is 25.3 Å². The largest absolute Gasteiger partial charge is 0.481 e. The molecular formula is C18H21N3O4. The zero-order valence-electron chi connectivity index (χ0n) is 14.3. The summed E-state index contributed by atoms with van der Waals surface area (Å²) < 4.78 is 10.2. The number of amides is 2. The summed E-state index contributed by atoms with van der Waals surface area (Å²) in [5.74, 6) is 0.362. The molecule has 0 bridgehead atoms. The number of piperidine rings is 1. The summed E-state index contributed by atoms with van der Waals surface area (Å²) in [6.45, 7) is 0.546. The summed E-state index contributed by atoms with van der Waals surface area (Å²) >= 11 is 0. The van der Waals surface area contributed by atoms with Gasteiger partial charge in [-0.3, -0.25) is 9.59 Å². The van der Waals surface area contributed by atoms with Crippen LogP contribution in [0.15, 0.2) is 41.1 Å². The minimum atomic E-state index is -0.501. The molecule has 7 heteroatoms. The zero-order chi connectivity index (χ0) is 17.8. The number of methoxy groups -OCH3 is 1. The number of likely N-dealkylation sites (N-methyl/N-ethyl adjacent to an activating group) is 1. The first-order chi connectivity index (χ1) is 12.1. The van der Waals surface area contributed by atoms with Crippen molar-refractivity contribution in [2.75, 3.05) is 25.6 Å². The normalized spacial score (nSPS) is 17.2. The van der Waals surface area contributed by atoms with Crippen molar-refractivity contribution in [2.24, 2.45) is 0 Å². The Morgan fingerprint density at radius 1 is 1.32 bits per heavy atom. The predicted molar refractivity (Wildman–Crippen MR) is 91.6 cm³/mol. The monoisotopic (exact) mass is 343 g/mol. The molecule has 0 aliphatic carbocycles. The SMILES string of the molecule is COc1ccc(N(C)C(=O)C2CCCCN2C(=O)c2ccco2)cn1. The first-order valence-electron chi connectivity index (χ1n) is 8.24. The average Bonchev–Trinajstić information content (AvgIpc) is 3.21. The third-order valence-electron chi connectivity index (χ3n) is 4.43. The Kier molecular flexibility index (Phi) is 5.02. The molecule has 3 heterocycles. The summed E-state index contributed by atoms with van der Waals surface area (Å²) in [4.78, 5) is 32.9. The van der Waals surface area contributed by atoms with E-state index < -0.39 is 6.04 Å². The Bertz CT molecular complexity index is 727. The highest BCUT2D eigenvalue weighted by Crippen LogP contribution is 2.24. The van der Waals surface area contributed by atoms with Crippen molar-refractivity contribution in [1.29, 1.82) is 0 Å². The highest BCUT2D eigenvalue weighted by Gasteiger charge is 2.35. The van der Waals surface area contributed by atoms with E-state index in [1.807, 2.05) is 0 Å². The van der Waals surface area contributed by atoms with Gasteiger partial charge in [0.25, 0.3) is 5.91 Å². The third-order valence-corrected chi connectivity index (χ3v) is 4.43. The molecule has 3 rings (SSSR count). The van der Waals surface area contributed by atoms with E-state index in [0.29, 0.717) is 24.5 Å². The first kappa shape index (κ1) is 17.0. The molecule has 1 atom stereocenters. The van der Waals surface area contributed by atoms with E-state index in [0.717, 1.165) is 12.8 Å². The van der Waals surface area contributed by atoms with Gasteiger partial charge in [-0.2, -0.15) is 0 Å². The summed E-state index contributed by atoms with van der Waals surface area (Å²) in [5, 5.41) is 0. The minimum Gasteiger partial charge on any atom is -0.481 e. The van der Waals surface area contributed by atoms with Gasteiger partial charge in [0, 0.05) is 19.7 Å². The molecule has 2 aromatic heterocycles. The Labute approximate surface area is 146 Å².